The summed E-state index contributed by atoms with van der Waals surface area (Å²) in [4.78, 5) is 4.94. The highest BCUT2D eigenvalue weighted by atomic mass is 19.3. The molecule has 0 bridgehead atoms. The summed E-state index contributed by atoms with van der Waals surface area (Å²) >= 11 is 0. The van der Waals surface area contributed by atoms with Crippen LogP contribution in [-0.4, -0.2) is 35.7 Å². The van der Waals surface area contributed by atoms with Crippen molar-refractivity contribution < 1.29 is 17.6 Å². The summed E-state index contributed by atoms with van der Waals surface area (Å²) in [6, 6.07) is 1.14. The van der Waals surface area contributed by atoms with Crippen LogP contribution in [0.15, 0.2) is 12.3 Å². The molecule has 1 aromatic heterocycles. The van der Waals surface area contributed by atoms with Crippen LogP contribution in [0.2, 0.25) is 0 Å². The van der Waals surface area contributed by atoms with Gasteiger partial charge in [-0.25, -0.2) is 17.6 Å². The first-order chi connectivity index (χ1) is 8.99. The molecule has 1 aliphatic heterocycles. The van der Waals surface area contributed by atoms with E-state index in [9.17, 15) is 17.6 Å². The fourth-order valence-electron chi connectivity index (χ4n) is 2.38. The van der Waals surface area contributed by atoms with Gasteiger partial charge in [-0.2, -0.15) is 0 Å². The van der Waals surface area contributed by atoms with E-state index in [-0.39, 0.29) is 30.4 Å². The molecule has 1 fully saturated rings. The molecule has 0 aromatic carbocycles. The Morgan fingerprint density at radius 1 is 1.37 bits per heavy atom. The molecule has 2 N–H and O–H groups in total. The van der Waals surface area contributed by atoms with E-state index in [1.807, 2.05) is 0 Å². The van der Waals surface area contributed by atoms with E-state index in [0.717, 1.165) is 11.0 Å². The van der Waals surface area contributed by atoms with Crippen LogP contribution in [0.3, 0.4) is 0 Å². The summed E-state index contributed by atoms with van der Waals surface area (Å²) in [6.07, 6.45) is -2.91. The van der Waals surface area contributed by atoms with Gasteiger partial charge in [-0.3, -0.25) is 9.88 Å². The van der Waals surface area contributed by atoms with Gasteiger partial charge in [0.1, 0.15) is 5.82 Å². The minimum absolute atomic E-state index is 0.0410. The maximum Gasteiger partial charge on any atom is 0.282 e. The van der Waals surface area contributed by atoms with Gasteiger partial charge in [-0.15, -0.1) is 0 Å². The van der Waals surface area contributed by atoms with Gasteiger partial charge in [0.15, 0.2) is 0 Å². The molecule has 2 unspecified atom stereocenters. The Morgan fingerprint density at radius 3 is 2.74 bits per heavy atom. The molecule has 106 valence electrons. The van der Waals surface area contributed by atoms with Crippen molar-refractivity contribution in [3.8, 4) is 0 Å². The number of halogens is 4. The zero-order valence-corrected chi connectivity index (χ0v) is 10.2. The predicted molar refractivity (Wildman–Crippen MR) is 63.1 cm³/mol. The zero-order chi connectivity index (χ0) is 14.0. The van der Waals surface area contributed by atoms with Gasteiger partial charge in [-0.1, -0.05) is 0 Å². The molecule has 0 aliphatic carbocycles. The quantitative estimate of drug-likeness (QED) is 0.682. The number of aromatic nitrogens is 1. The Bertz CT molecular complexity index is 441. The highest BCUT2D eigenvalue weighted by Gasteiger charge is 2.33. The van der Waals surface area contributed by atoms with E-state index in [2.05, 4.69) is 4.98 Å². The van der Waals surface area contributed by atoms with Gasteiger partial charge in [0.25, 0.3) is 6.43 Å². The van der Waals surface area contributed by atoms with Gasteiger partial charge >= 0.3 is 0 Å². The van der Waals surface area contributed by atoms with Crippen molar-refractivity contribution in [1.82, 2.24) is 9.88 Å². The monoisotopic (exact) mass is 277 g/mol. The number of hydrogen-bond acceptors (Lipinski definition) is 3. The number of likely N-dealkylation sites (tertiary alicyclic amines) is 1. The third-order valence-corrected chi connectivity index (χ3v) is 3.29. The van der Waals surface area contributed by atoms with E-state index in [1.54, 1.807) is 0 Å². The lowest BCUT2D eigenvalue weighted by Crippen LogP contribution is -2.43. The maximum atomic E-state index is 13.7. The van der Waals surface area contributed by atoms with Crippen LogP contribution in [0.25, 0.3) is 0 Å². The Balaban J connectivity index is 2.12. The van der Waals surface area contributed by atoms with Crippen LogP contribution in [0.4, 0.5) is 23.2 Å². The second-order valence-corrected chi connectivity index (χ2v) is 4.68. The Kier molecular flexibility index (Phi) is 4.24. The molecular formula is C12H15F4N3. The standard InChI is InChI=1S/C12H15F4N3/c13-9-4-8(17)5-18-10(9)7-2-1-3-19(6-7)12(16)11(14)15/h4-5,7,11-12H,1-3,6,17H2. The van der Waals surface area contributed by atoms with Gasteiger partial charge in [-0.05, 0) is 12.8 Å². The summed E-state index contributed by atoms with van der Waals surface area (Å²) in [6.45, 7) is 0.290. The Morgan fingerprint density at radius 2 is 2.11 bits per heavy atom. The van der Waals surface area contributed by atoms with Gasteiger partial charge in [0.2, 0.25) is 6.30 Å². The summed E-state index contributed by atoms with van der Waals surface area (Å²) < 4.78 is 51.7. The number of nitrogen functional groups attached to an aromatic ring is 1. The zero-order valence-electron chi connectivity index (χ0n) is 10.2. The smallest absolute Gasteiger partial charge is 0.282 e. The minimum atomic E-state index is -3.05. The molecule has 0 saturated carbocycles. The highest BCUT2D eigenvalue weighted by molar-refractivity contribution is 5.36. The van der Waals surface area contributed by atoms with Crippen LogP contribution in [0, 0.1) is 5.82 Å². The molecular weight excluding hydrogens is 262 g/mol. The lowest BCUT2D eigenvalue weighted by atomic mass is 9.93. The molecule has 2 heterocycles. The van der Waals surface area contributed by atoms with E-state index >= 15 is 0 Å². The molecule has 3 nitrogen and oxygen atoms in total. The van der Waals surface area contributed by atoms with Crippen molar-refractivity contribution in [3.63, 3.8) is 0 Å². The molecule has 19 heavy (non-hydrogen) atoms. The fraction of sp³-hybridized carbons (Fsp3) is 0.583. The second-order valence-electron chi connectivity index (χ2n) is 4.68. The average Bonchev–Trinajstić information content (AvgIpc) is 2.38. The maximum absolute atomic E-state index is 13.7. The fourth-order valence-corrected chi connectivity index (χ4v) is 2.38. The van der Waals surface area contributed by atoms with Gasteiger partial charge in [0.05, 0.1) is 17.6 Å². The number of hydrogen-bond donors (Lipinski definition) is 1. The van der Waals surface area contributed by atoms with E-state index in [4.69, 9.17) is 5.73 Å². The third kappa shape index (κ3) is 3.15. The van der Waals surface area contributed by atoms with Crippen molar-refractivity contribution >= 4 is 5.69 Å². The summed E-state index contributed by atoms with van der Waals surface area (Å²) in [5.41, 5.74) is 5.77. The van der Waals surface area contributed by atoms with Gasteiger partial charge in [0, 0.05) is 25.1 Å². The van der Waals surface area contributed by atoms with Crippen molar-refractivity contribution in [2.75, 3.05) is 18.8 Å². The highest BCUT2D eigenvalue weighted by Crippen LogP contribution is 2.30. The first-order valence-corrected chi connectivity index (χ1v) is 6.06. The molecule has 0 radical (unpaired) electrons. The molecule has 1 saturated heterocycles. The number of piperidine rings is 1. The van der Waals surface area contributed by atoms with Crippen LogP contribution in [0.5, 0.6) is 0 Å². The predicted octanol–water partition coefficient (Wildman–Crippen LogP) is 2.54. The average molecular weight is 277 g/mol. The first-order valence-electron chi connectivity index (χ1n) is 6.06. The first kappa shape index (κ1) is 14.0. The third-order valence-electron chi connectivity index (χ3n) is 3.29. The summed E-state index contributed by atoms with van der Waals surface area (Å²) in [5.74, 6) is -0.953. The minimum Gasteiger partial charge on any atom is -0.397 e. The van der Waals surface area contributed by atoms with Gasteiger partial charge < -0.3 is 5.73 Å². The number of anilines is 1. The molecule has 0 spiro atoms. The molecule has 1 aromatic rings. The second kappa shape index (κ2) is 5.73. The number of pyridine rings is 1. The van der Waals surface area contributed by atoms with Crippen molar-refractivity contribution in [1.29, 1.82) is 0 Å². The van der Waals surface area contributed by atoms with E-state index in [0.29, 0.717) is 12.8 Å². The largest absolute Gasteiger partial charge is 0.397 e. The Labute approximate surface area is 108 Å². The van der Waals surface area contributed by atoms with Crippen molar-refractivity contribution in [2.45, 2.75) is 31.5 Å². The van der Waals surface area contributed by atoms with Crippen LogP contribution < -0.4 is 5.73 Å². The Hall–Kier alpha value is -1.37. The van der Waals surface area contributed by atoms with Crippen LogP contribution in [0.1, 0.15) is 24.5 Å². The van der Waals surface area contributed by atoms with E-state index < -0.39 is 18.5 Å². The SMILES string of the molecule is Nc1cnc(C2CCCN(C(F)C(F)F)C2)c(F)c1. The van der Waals surface area contributed by atoms with Crippen LogP contribution >= 0.6 is 0 Å². The number of alkyl halides is 3. The lowest BCUT2D eigenvalue weighted by Gasteiger charge is -2.34. The normalized spacial score (nSPS) is 22.7. The molecule has 0 amide bonds. The van der Waals surface area contributed by atoms with Crippen molar-refractivity contribution in [2.24, 2.45) is 0 Å². The number of rotatable bonds is 3. The van der Waals surface area contributed by atoms with Crippen LogP contribution in [-0.2, 0) is 0 Å². The topological polar surface area (TPSA) is 42.1 Å². The molecule has 2 atom stereocenters. The van der Waals surface area contributed by atoms with E-state index in [1.165, 1.54) is 6.20 Å². The van der Waals surface area contributed by atoms with Crippen molar-refractivity contribution in [3.05, 3.63) is 23.8 Å². The number of nitrogens with zero attached hydrogens (tertiary/aromatic N) is 2. The molecule has 2 rings (SSSR count). The lowest BCUT2D eigenvalue weighted by molar-refractivity contribution is -0.0590. The molecule has 1 aliphatic rings. The summed E-state index contributed by atoms with van der Waals surface area (Å²) in [5, 5.41) is 0. The number of nitrogens with two attached hydrogens (primary N) is 1. The summed E-state index contributed by atoms with van der Waals surface area (Å²) in [7, 11) is 0. The molecule has 7 heteroatoms.